The number of nitrogens with zero attached hydrogens (tertiary/aromatic N) is 2. The summed E-state index contributed by atoms with van der Waals surface area (Å²) in [6.45, 7) is 2.06. The second-order valence-electron chi connectivity index (χ2n) is 3.92. The summed E-state index contributed by atoms with van der Waals surface area (Å²) in [5.74, 6) is 0. The Hall–Kier alpha value is -1.42. The van der Waals surface area contributed by atoms with Gasteiger partial charge in [-0.05, 0) is 12.5 Å². The van der Waals surface area contributed by atoms with E-state index >= 15 is 0 Å². The molecule has 98 valence electrons. The minimum atomic E-state index is -3.62. The molecule has 6 heteroatoms. The molecule has 0 bridgehead atoms. The third-order valence-corrected chi connectivity index (χ3v) is 4.60. The predicted octanol–water partition coefficient (Wildman–Crippen LogP) is 0.689. The lowest BCUT2D eigenvalue weighted by Gasteiger charge is -2.22. The molecule has 1 unspecified atom stereocenters. The van der Waals surface area contributed by atoms with Crippen molar-refractivity contribution in [2.24, 2.45) is 5.73 Å². The Labute approximate surface area is 108 Å². The average Bonchev–Trinajstić information content (AvgIpc) is 2.38. The number of hydrogen-bond donors (Lipinski definition) is 1. The fourth-order valence-electron chi connectivity index (χ4n) is 1.52. The summed E-state index contributed by atoms with van der Waals surface area (Å²) in [5, 5.41) is 7.70. The van der Waals surface area contributed by atoms with E-state index in [1.165, 1.54) is 11.2 Å². The van der Waals surface area contributed by atoms with Gasteiger partial charge in [-0.1, -0.05) is 30.3 Å². The first-order valence-corrected chi connectivity index (χ1v) is 7.15. The summed E-state index contributed by atoms with van der Waals surface area (Å²) >= 11 is 0. The van der Waals surface area contributed by atoms with Gasteiger partial charge in [-0.3, -0.25) is 0 Å². The number of benzene rings is 1. The summed E-state index contributed by atoms with van der Waals surface area (Å²) in [4.78, 5) is 0. The van der Waals surface area contributed by atoms with Crippen LogP contribution >= 0.6 is 0 Å². The zero-order valence-corrected chi connectivity index (χ0v) is 11.1. The number of nitriles is 1. The molecule has 18 heavy (non-hydrogen) atoms. The van der Waals surface area contributed by atoms with Gasteiger partial charge in [-0.25, -0.2) is 8.42 Å². The zero-order chi connectivity index (χ0) is 13.6. The van der Waals surface area contributed by atoms with E-state index in [1.807, 2.05) is 30.3 Å². The SMILES string of the molecule is CC(C#N)S(=O)(=O)N(CCN)Cc1ccccc1. The smallest absolute Gasteiger partial charge is 0.230 e. The number of nitrogens with two attached hydrogens (primary N) is 1. The molecule has 1 aromatic carbocycles. The van der Waals surface area contributed by atoms with E-state index in [0.29, 0.717) is 0 Å². The van der Waals surface area contributed by atoms with E-state index in [9.17, 15) is 8.42 Å². The summed E-state index contributed by atoms with van der Waals surface area (Å²) in [6.07, 6.45) is 0. The molecule has 1 rings (SSSR count). The van der Waals surface area contributed by atoms with Crippen molar-refractivity contribution in [2.45, 2.75) is 18.7 Å². The van der Waals surface area contributed by atoms with Crippen molar-refractivity contribution in [3.05, 3.63) is 35.9 Å². The lowest BCUT2D eigenvalue weighted by atomic mass is 10.2. The Kier molecular flexibility index (Phi) is 5.28. The van der Waals surface area contributed by atoms with Gasteiger partial charge in [-0.2, -0.15) is 9.57 Å². The van der Waals surface area contributed by atoms with Crippen LogP contribution in [0.5, 0.6) is 0 Å². The van der Waals surface area contributed by atoms with Crippen LogP contribution in [0.1, 0.15) is 12.5 Å². The maximum absolute atomic E-state index is 12.1. The molecule has 0 saturated heterocycles. The Balaban J connectivity index is 2.94. The number of hydrogen-bond acceptors (Lipinski definition) is 4. The predicted molar refractivity (Wildman–Crippen MR) is 69.9 cm³/mol. The fourth-order valence-corrected chi connectivity index (χ4v) is 2.79. The number of rotatable bonds is 6. The standard InChI is InChI=1S/C12H17N3O2S/c1-11(9-14)18(16,17)15(8-7-13)10-12-5-3-2-4-6-12/h2-6,11H,7-8,10,13H2,1H3. The highest BCUT2D eigenvalue weighted by Gasteiger charge is 2.28. The third kappa shape index (κ3) is 3.53. The van der Waals surface area contributed by atoms with Crippen LogP contribution in [0, 0.1) is 11.3 Å². The quantitative estimate of drug-likeness (QED) is 0.821. The van der Waals surface area contributed by atoms with E-state index in [4.69, 9.17) is 11.0 Å². The van der Waals surface area contributed by atoms with Gasteiger partial charge in [-0.15, -0.1) is 0 Å². The van der Waals surface area contributed by atoms with Gasteiger partial charge in [0.1, 0.15) is 0 Å². The van der Waals surface area contributed by atoms with Gasteiger partial charge < -0.3 is 5.73 Å². The minimum absolute atomic E-state index is 0.212. The Morgan fingerprint density at radius 2 is 2.00 bits per heavy atom. The van der Waals surface area contributed by atoms with E-state index in [0.717, 1.165) is 5.56 Å². The second-order valence-corrected chi connectivity index (χ2v) is 6.18. The fraction of sp³-hybridized carbons (Fsp3) is 0.417. The summed E-state index contributed by atoms with van der Waals surface area (Å²) in [6, 6.07) is 11.0. The molecule has 0 aromatic heterocycles. The van der Waals surface area contributed by atoms with Crippen LogP contribution in [0.15, 0.2) is 30.3 Å². The van der Waals surface area contributed by atoms with E-state index in [-0.39, 0.29) is 19.6 Å². The third-order valence-electron chi connectivity index (χ3n) is 2.57. The average molecular weight is 267 g/mol. The molecule has 0 fully saturated rings. The van der Waals surface area contributed by atoms with Crippen LogP contribution in [-0.2, 0) is 16.6 Å². The molecular formula is C12H17N3O2S. The lowest BCUT2D eigenvalue weighted by Crippen LogP contribution is -2.39. The first kappa shape index (κ1) is 14.6. The first-order chi connectivity index (χ1) is 8.52. The van der Waals surface area contributed by atoms with Crippen LogP contribution in [-0.4, -0.2) is 31.1 Å². The zero-order valence-electron chi connectivity index (χ0n) is 10.3. The second kappa shape index (κ2) is 6.50. The van der Waals surface area contributed by atoms with E-state index in [2.05, 4.69) is 0 Å². The molecule has 0 heterocycles. The first-order valence-electron chi connectivity index (χ1n) is 5.65. The van der Waals surface area contributed by atoms with E-state index in [1.54, 1.807) is 6.07 Å². The molecule has 0 saturated carbocycles. The largest absolute Gasteiger partial charge is 0.329 e. The molecule has 0 aliphatic heterocycles. The molecule has 5 nitrogen and oxygen atoms in total. The van der Waals surface area contributed by atoms with Crippen molar-refractivity contribution in [1.82, 2.24) is 4.31 Å². The van der Waals surface area contributed by atoms with Crippen molar-refractivity contribution >= 4 is 10.0 Å². The van der Waals surface area contributed by atoms with Gasteiger partial charge in [0.15, 0.2) is 5.25 Å². The Bertz CT molecular complexity index is 508. The van der Waals surface area contributed by atoms with Crippen LogP contribution in [0.25, 0.3) is 0 Å². The van der Waals surface area contributed by atoms with Gasteiger partial charge in [0.2, 0.25) is 10.0 Å². The van der Waals surface area contributed by atoms with Gasteiger partial charge in [0, 0.05) is 19.6 Å². The van der Waals surface area contributed by atoms with Gasteiger partial charge >= 0.3 is 0 Å². The molecule has 0 aliphatic rings. The molecule has 0 spiro atoms. The highest BCUT2D eigenvalue weighted by atomic mass is 32.2. The summed E-state index contributed by atoms with van der Waals surface area (Å²) in [7, 11) is -3.62. The lowest BCUT2D eigenvalue weighted by molar-refractivity contribution is 0.411. The topological polar surface area (TPSA) is 87.2 Å². The Morgan fingerprint density at radius 3 is 2.50 bits per heavy atom. The molecule has 0 aliphatic carbocycles. The summed E-state index contributed by atoms with van der Waals surface area (Å²) < 4.78 is 25.5. The molecule has 2 N–H and O–H groups in total. The molecule has 0 amide bonds. The normalized spacial score (nSPS) is 13.2. The van der Waals surface area contributed by atoms with Crippen molar-refractivity contribution in [3.63, 3.8) is 0 Å². The maximum Gasteiger partial charge on any atom is 0.230 e. The number of sulfonamides is 1. The maximum atomic E-state index is 12.1. The van der Waals surface area contributed by atoms with Crippen LogP contribution < -0.4 is 5.73 Å². The van der Waals surface area contributed by atoms with Crippen molar-refractivity contribution < 1.29 is 8.42 Å². The van der Waals surface area contributed by atoms with Gasteiger partial charge in [0.25, 0.3) is 0 Å². The minimum Gasteiger partial charge on any atom is -0.329 e. The van der Waals surface area contributed by atoms with Crippen LogP contribution in [0.2, 0.25) is 0 Å². The highest BCUT2D eigenvalue weighted by Crippen LogP contribution is 2.13. The van der Waals surface area contributed by atoms with Crippen LogP contribution in [0.3, 0.4) is 0 Å². The van der Waals surface area contributed by atoms with E-state index < -0.39 is 15.3 Å². The molecular weight excluding hydrogens is 250 g/mol. The van der Waals surface area contributed by atoms with Gasteiger partial charge in [0.05, 0.1) is 6.07 Å². The van der Waals surface area contributed by atoms with Crippen molar-refractivity contribution in [2.75, 3.05) is 13.1 Å². The molecule has 0 radical (unpaired) electrons. The van der Waals surface area contributed by atoms with Crippen LogP contribution in [0.4, 0.5) is 0 Å². The highest BCUT2D eigenvalue weighted by molar-refractivity contribution is 7.89. The van der Waals surface area contributed by atoms with Crippen molar-refractivity contribution in [3.8, 4) is 6.07 Å². The van der Waals surface area contributed by atoms with Crippen molar-refractivity contribution in [1.29, 1.82) is 5.26 Å². The molecule has 1 atom stereocenters. The Morgan fingerprint density at radius 1 is 1.39 bits per heavy atom. The molecule has 1 aromatic rings. The summed E-state index contributed by atoms with van der Waals surface area (Å²) in [5.41, 5.74) is 6.31. The monoisotopic (exact) mass is 267 g/mol.